The van der Waals surface area contributed by atoms with Gasteiger partial charge in [0.1, 0.15) is 18.7 Å². The van der Waals surface area contributed by atoms with Crippen LogP contribution in [0.25, 0.3) is 10.4 Å². The van der Waals surface area contributed by atoms with E-state index < -0.39 is 11.7 Å². The number of imidazole rings is 2. The Labute approximate surface area is 310 Å². The molecule has 0 bridgehead atoms. The molecule has 2 fully saturated rings. The molecule has 0 atom stereocenters. The normalized spacial score (nSPS) is 13.4. The summed E-state index contributed by atoms with van der Waals surface area (Å²) in [5.74, 6) is 3.21. The van der Waals surface area contributed by atoms with Crippen LogP contribution in [0.2, 0.25) is 0 Å². The van der Waals surface area contributed by atoms with Gasteiger partial charge in [-0.25, -0.2) is 24.0 Å². The molecule has 18 nitrogen and oxygen atoms in total. The minimum atomic E-state index is -0.558. The number of halogens is 1. The molecule has 2 amide bonds. The predicted octanol–water partition coefficient (Wildman–Crippen LogP) is 3.93. The van der Waals surface area contributed by atoms with Gasteiger partial charge in [-0.2, -0.15) is 0 Å². The maximum Gasteiger partial charge on any atom is 0.421 e. The molecule has 2 saturated heterocycles. The number of carbonyl (C=O) groups is 3. The first kappa shape index (κ1) is 42.9. The molecule has 2 aliphatic heterocycles. The van der Waals surface area contributed by atoms with E-state index in [1.807, 2.05) is 11.1 Å². The summed E-state index contributed by atoms with van der Waals surface area (Å²) < 4.78 is 8.06. The topological polar surface area (TPSA) is 245 Å². The van der Waals surface area contributed by atoms with Crippen molar-refractivity contribution in [2.24, 2.45) is 5.11 Å². The average molecular weight is 743 g/mol. The van der Waals surface area contributed by atoms with Crippen LogP contribution in [0.3, 0.4) is 0 Å². The molecule has 2 aliphatic rings. The third-order valence-electron chi connectivity index (χ3n) is 7.72. The number of terminal acetylenes is 1. The number of carbonyl (C=O) groups excluding carboxylic acids is 3. The molecular weight excluding hydrogens is 692 g/mol. The molecule has 0 radical (unpaired) electrons. The minimum absolute atomic E-state index is 0. The number of azide groups is 1. The van der Waals surface area contributed by atoms with Gasteiger partial charge < -0.3 is 31.0 Å². The number of amides is 2. The van der Waals surface area contributed by atoms with Crippen molar-refractivity contribution in [2.45, 2.75) is 97.1 Å². The highest BCUT2D eigenvalue weighted by molar-refractivity contribution is 5.85. The minimum Gasteiger partial charge on any atom is -0.443 e. The largest absolute Gasteiger partial charge is 0.443 e. The number of nitrogens with two attached hydrogens (primary N) is 2. The molecule has 5 heterocycles. The number of aromatic amines is 1. The lowest BCUT2D eigenvalue weighted by molar-refractivity contribution is -0.131. The number of H-pyrrole nitrogens is 1. The van der Waals surface area contributed by atoms with E-state index in [0.717, 1.165) is 94.6 Å². The fourth-order valence-corrected chi connectivity index (χ4v) is 5.25. The predicted molar refractivity (Wildman–Crippen MR) is 198 cm³/mol. The highest BCUT2D eigenvalue weighted by Gasteiger charge is 2.21. The summed E-state index contributed by atoms with van der Waals surface area (Å²) in [6.45, 7) is 9.02. The summed E-state index contributed by atoms with van der Waals surface area (Å²) in [7, 11) is 0. The number of rotatable bonds is 11. The molecule has 0 saturated carbocycles. The van der Waals surface area contributed by atoms with Gasteiger partial charge in [-0.15, -0.1) is 29.8 Å². The fraction of sp³-hybridized carbons (Fsp3) is 0.606. The third kappa shape index (κ3) is 15.3. The number of likely N-dealkylation sites (tertiary alicyclic amines) is 2. The van der Waals surface area contributed by atoms with Gasteiger partial charge in [0, 0.05) is 55.6 Å². The van der Waals surface area contributed by atoms with Gasteiger partial charge in [-0.3, -0.25) is 9.59 Å². The summed E-state index contributed by atoms with van der Waals surface area (Å²) in [4.78, 5) is 52.1. The van der Waals surface area contributed by atoms with Crippen LogP contribution < -0.4 is 11.5 Å². The van der Waals surface area contributed by atoms with Crippen LogP contribution in [-0.2, 0) is 40.1 Å². The Hall–Kier alpha value is -5.27. The van der Waals surface area contributed by atoms with Gasteiger partial charge >= 0.3 is 6.09 Å². The fourth-order valence-electron chi connectivity index (χ4n) is 5.25. The maximum atomic E-state index is 12.0. The number of hydrogen-bond acceptors (Lipinski definition) is 11. The number of nitrogens with zero attached hydrogens (tertiary/aromatic N) is 11. The lowest BCUT2D eigenvalue weighted by atomic mass is 10.2. The molecule has 0 unspecified atom stereocenters. The number of nitrogen functional groups attached to an aromatic ring is 2. The zero-order chi connectivity index (χ0) is 37.2. The Morgan fingerprint density at radius 1 is 1.00 bits per heavy atom. The van der Waals surface area contributed by atoms with Gasteiger partial charge in [0.2, 0.25) is 17.8 Å². The van der Waals surface area contributed by atoms with Gasteiger partial charge in [0.05, 0.1) is 17.6 Å². The van der Waals surface area contributed by atoms with E-state index in [0.29, 0.717) is 18.8 Å². The molecule has 0 aromatic carbocycles. The summed E-state index contributed by atoms with van der Waals surface area (Å²) >= 11 is 0. The van der Waals surface area contributed by atoms with E-state index in [9.17, 15) is 14.4 Å². The van der Waals surface area contributed by atoms with Crippen LogP contribution in [0, 0.1) is 12.3 Å². The van der Waals surface area contributed by atoms with Gasteiger partial charge in [-0.1, -0.05) is 10.3 Å². The Balaban J connectivity index is 0.000000282. The number of anilines is 2. The van der Waals surface area contributed by atoms with Crippen molar-refractivity contribution in [3.8, 4) is 12.3 Å². The summed E-state index contributed by atoms with van der Waals surface area (Å²) in [6, 6.07) is 0. The first-order valence-electron chi connectivity index (χ1n) is 17.1. The molecule has 3 aromatic heterocycles. The number of nitrogens with one attached hydrogen (secondary N) is 1. The Bertz CT molecular complexity index is 1650. The van der Waals surface area contributed by atoms with Crippen molar-refractivity contribution in [2.75, 3.05) is 44.2 Å². The van der Waals surface area contributed by atoms with Crippen LogP contribution in [0.15, 0.2) is 23.7 Å². The average Bonchev–Trinajstić information content (AvgIpc) is 3.92. The number of hydrogen-bond donors (Lipinski definition) is 3. The van der Waals surface area contributed by atoms with Gasteiger partial charge in [0.25, 0.3) is 0 Å². The lowest BCUT2D eigenvalue weighted by Gasteiger charge is -2.19. The molecule has 0 aliphatic carbocycles. The second kappa shape index (κ2) is 21.8. The summed E-state index contributed by atoms with van der Waals surface area (Å²) in [5.41, 5.74) is 21.3. The molecule has 3 aromatic rings. The summed E-state index contributed by atoms with van der Waals surface area (Å²) in [6.07, 6.45) is 19.0. The first-order chi connectivity index (χ1) is 24.4. The van der Waals surface area contributed by atoms with Gasteiger partial charge in [0.15, 0.2) is 5.95 Å². The molecular formula is C33H51ClN14O4. The quantitative estimate of drug-likeness (QED) is 0.0840. The molecule has 5 N–H and O–H groups in total. The Kier molecular flexibility index (Phi) is 18.0. The van der Waals surface area contributed by atoms with Crippen LogP contribution in [-0.4, -0.2) is 101 Å². The molecule has 284 valence electrons. The van der Waals surface area contributed by atoms with Crippen molar-refractivity contribution >= 4 is 42.2 Å². The summed E-state index contributed by atoms with van der Waals surface area (Å²) in [5, 5.41) is 11.4. The van der Waals surface area contributed by atoms with Crippen LogP contribution in [0.5, 0.6) is 0 Å². The zero-order valence-electron chi connectivity index (χ0n) is 30.2. The standard InChI is InChI=1S/C14H21N7O.C13H19N3O2.C6H10N4O.ClH/c15-14-16-8-11(17-14)4-3-5-12-9-21(19-18-12)10-13(22)20-6-1-2-7-20;1-5-6-7-8-10-9-16(11(14)15-10)12(17)18-13(2,3)4;7-9-8-5-6(11)10-3-1-2-4-10;/h8-9H,1-7,10H2,(H3,15,16,17);1,9H,6-8H2,2-4H3,(H2,14,15);1-5H2;1H. The van der Waals surface area contributed by atoms with Crippen molar-refractivity contribution in [1.29, 1.82) is 0 Å². The van der Waals surface area contributed by atoms with E-state index in [1.54, 1.807) is 42.7 Å². The molecule has 0 spiro atoms. The van der Waals surface area contributed by atoms with E-state index in [1.165, 1.54) is 4.57 Å². The van der Waals surface area contributed by atoms with Crippen molar-refractivity contribution < 1.29 is 19.1 Å². The maximum absolute atomic E-state index is 12.0. The van der Waals surface area contributed by atoms with E-state index in [4.69, 9.17) is 28.2 Å². The Morgan fingerprint density at radius 3 is 2.21 bits per heavy atom. The smallest absolute Gasteiger partial charge is 0.421 e. The second-order valence-electron chi connectivity index (χ2n) is 13.1. The number of ether oxygens (including phenoxy) is 1. The first-order valence-corrected chi connectivity index (χ1v) is 17.1. The third-order valence-corrected chi connectivity index (χ3v) is 7.72. The monoisotopic (exact) mass is 742 g/mol. The van der Waals surface area contributed by atoms with E-state index >= 15 is 0 Å². The van der Waals surface area contributed by atoms with Crippen LogP contribution >= 0.6 is 12.4 Å². The SMILES string of the molecule is C#CCCCc1cn(C(=O)OC(C)(C)C)c(N)n1.Cl.Nc1ncc(CCCc2cn(CC(=O)N3CCCC3)nn2)[nH]1.[N-]=[N+]=NCC(=O)N1CCCC1. The van der Waals surface area contributed by atoms with E-state index in [-0.39, 0.29) is 43.3 Å². The molecule has 52 heavy (non-hydrogen) atoms. The highest BCUT2D eigenvalue weighted by Crippen LogP contribution is 2.14. The van der Waals surface area contributed by atoms with Crippen molar-refractivity contribution in [3.63, 3.8) is 0 Å². The zero-order valence-corrected chi connectivity index (χ0v) is 31.1. The van der Waals surface area contributed by atoms with Crippen molar-refractivity contribution in [1.82, 2.24) is 44.3 Å². The molecule has 19 heteroatoms. The number of unbranched alkanes of at least 4 members (excludes halogenated alkanes) is 1. The van der Waals surface area contributed by atoms with Crippen molar-refractivity contribution in [3.05, 3.63) is 46.1 Å². The van der Waals surface area contributed by atoms with Crippen LogP contribution in [0.4, 0.5) is 16.7 Å². The number of aryl methyl sites for hydroxylation is 3. The second-order valence-corrected chi connectivity index (χ2v) is 13.1. The molecule has 5 rings (SSSR count). The van der Waals surface area contributed by atoms with Crippen LogP contribution in [0.1, 0.15) is 82.8 Å². The van der Waals surface area contributed by atoms with E-state index in [2.05, 4.69) is 41.2 Å². The van der Waals surface area contributed by atoms with Gasteiger partial charge in [-0.05, 0) is 84.1 Å². The Morgan fingerprint density at radius 2 is 1.63 bits per heavy atom. The highest BCUT2D eigenvalue weighted by atomic mass is 35.5. The lowest BCUT2D eigenvalue weighted by Crippen LogP contribution is -2.31. The number of aromatic nitrogens is 7.